The van der Waals surface area contributed by atoms with Gasteiger partial charge in [0, 0.05) is 17.4 Å². The number of methoxy groups -OCH3 is 1. The van der Waals surface area contributed by atoms with Crippen LogP contribution < -0.4 is 10.5 Å². The highest BCUT2D eigenvalue weighted by atomic mass is 32.2. The second-order valence-corrected chi connectivity index (χ2v) is 3.84. The van der Waals surface area contributed by atoms with Crippen molar-refractivity contribution in [1.29, 1.82) is 0 Å². The minimum Gasteiger partial charge on any atom is -0.494 e. The zero-order valence-electron chi connectivity index (χ0n) is 8.29. The van der Waals surface area contributed by atoms with E-state index in [9.17, 15) is 4.39 Å². The van der Waals surface area contributed by atoms with Gasteiger partial charge in [0.15, 0.2) is 11.6 Å². The minimum atomic E-state index is -0.350. The number of nitrogens with two attached hydrogens (primary N) is 1. The van der Waals surface area contributed by atoms with Crippen LogP contribution in [0.4, 0.5) is 4.39 Å². The smallest absolute Gasteiger partial charge is 0.169 e. The first-order valence-corrected chi connectivity index (χ1v) is 5.67. The molecular weight excluding hydrogens is 201 g/mol. The Hall–Kier alpha value is -0.740. The maximum absolute atomic E-state index is 13.6. The van der Waals surface area contributed by atoms with Crippen LogP contribution in [-0.4, -0.2) is 19.1 Å². The Morgan fingerprint density at radius 2 is 2.29 bits per heavy atom. The molecule has 0 bridgehead atoms. The Morgan fingerprint density at radius 3 is 2.86 bits per heavy atom. The number of benzene rings is 1. The molecule has 1 aromatic carbocycles. The van der Waals surface area contributed by atoms with E-state index in [1.165, 1.54) is 7.11 Å². The van der Waals surface area contributed by atoms with Gasteiger partial charge in [0.1, 0.15) is 0 Å². The van der Waals surface area contributed by atoms with Crippen LogP contribution in [0.1, 0.15) is 11.6 Å². The van der Waals surface area contributed by atoms with E-state index in [1.807, 2.05) is 6.26 Å². The van der Waals surface area contributed by atoms with Crippen LogP contribution in [0.3, 0.4) is 0 Å². The Labute approximate surface area is 87.6 Å². The van der Waals surface area contributed by atoms with E-state index >= 15 is 0 Å². The molecule has 0 aliphatic carbocycles. The average molecular weight is 215 g/mol. The molecule has 0 aliphatic heterocycles. The Bertz CT molecular complexity index is 306. The zero-order chi connectivity index (χ0) is 10.6. The summed E-state index contributed by atoms with van der Waals surface area (Å²) in [4.78, 5) is 0. The first-order valence-electron chi connectivity index (χ1n) is 4.27. The van der Waals surface area contributed by atoms with Gasteiger partial charge in [-0.05, 0) is 12.3 Å². The van der Waals surface area contributed by atoms with E-state index in [1.54, 1.807) is 30.0 Å². The molecule has 1 unspecified atom stereocenters. The minimum absolute atomic E-state index is 0.249. The van der Waals surface area contributed by atoms with E-state index < -0.39 is 0 Å². The quantitative estimate of drug-likeness (QED) is 0.836. The summed E-state index contributed by atoms with van der Waals surface area (Å²) in [6.07, 6.45) is 1.94. The van der Waals surface area contributed by atoms with Crippen molar-refractivity contribution in [1.82, 2.24) is 0 Å². The topological polar surface area (TPSA) is 35.2 Å². The summed E-state index contributed by atoms with van der Waals surface area (Å²) in [6.45, 7) is 0. The number of rotatable bonds is 4. The van der Waals surface area contributed by atoms with E-state index in [0.29, 0.717) is 11.3 Å². The van der Waals surface area contributed by atoms with Crippen molar-refractivity contribution in [2.24, 2.45) is 5.73 Å². The van der Waals surface area contributed by atoms with Gasteiger partial charge in [-0.25, -0.2) is 4.39 Å². The van der Waals surface area contributed by atoms with Gasteiger partial charge in [-0.3, -0.25) is 0 Å². The lowest BCUT2D eigenvalue weighted by Crippen LogP contribution is -2.14. The molecular formula is C10H14FNOS. The van der Waals surface area contributed by atoms with E-state index in [4.69, 9.17) is 10.5 Å². The molecule has 0 heterocycles. The summed E-state index contributed by atoms with van der Waals surface area (Å²) in [6, 6.07) is 4.75. The van der Waals surface area contributed by atoms with Crippen LogP contribution in [-0.2, 0) is 0 Å². The number of hydrogen-bond donors (Lipinski definition) is 1. The molecule has 14 heavy (non-hydrogen) atoms. The molecule has 2 N–H and O–H groups in total. The van der Waals surface area contributed by atoms with Crippen molar-refractivity contribution < 1.29 is 9.13 Å². The highest BCUT2D eigenvalue weighted by molar-refractivity contribution is 7.98. The predicted octanol–water partition coefficient (Wildman–Crippen LogP) is 2.20. The van der Waals surface area contributed by atoms with Gasteiger partial charge >= 0.3 is 0 Å². The van der Waals surface area contributed by atoms with Gasteiger partial charge in [-0.2, -0.15) is 11.8 Å². The first kappa shape index (κ1) is 11.3. The molecule has 0 aromatic heterocycles. The second-order valence-electron chi connectivity index (χ2n) is 2.93. The molecule has 2 nitrogen and oxygen atoms in total. The fourth-order valence-corrected chi connectivity index (χ4v) is 1.78. The molecule has 1 atom stereocenters. The SMILES string of the molecule is COc1cccc(C(N)CSC)c1F. The molecule has 4 heteroatoms. The number of halogens is 1. The lowest BCUT2D eigenvalue weighted by atomic mass is 10.1. The largest absolute Gasteiger partial charge is 0.494 e. The molecule has 1 rings (SSSR count). The van der Waals surface area contributed by atoms with Crippen LogP contribution in [0.2, 0.25) is 0 Å². The summed E-state index contributed by atoms with van der Waals surface area (Å²) >= 11 is 1.59. The van der Waals surface area contributed by atoms with Crippen LogP contribution in [0.15, 0.2) is 18.2 Å². The third-order valence-electron chi connectivity index (χ3n) is 1.96. The standard InChI is InChI=1S/C10H14FNOS/c1-13-9-5-3-4-7(10(9)11)8(12)6-14-2/h3-5,8H,6,12H2,1-2H3. The summed E-state index contributed by atoms with van der Waals surface area (Å²) in [5.74, 6) is 0.597. The van der Waals surface area contributed by atoms with Gasteiger partial charge < -0.3 is 10.5 Å². The molecule has 0 spiro atoms. The van der Waals surface area contributed by atoms with E-state index in [0.717, 1.165) is 0 Å². The van der Waals surface area contributed by atoms with Gasteiger partial charge in [-0.15, -0.1) is 0 Å². The molecule has 0 amide bonds. The van der Waals surface area contributed by atoms with Crippen molar-refractivity contribution in [2.75, 3.05) is 19.1 Å². The van der Waals surface area contributed by atoms with Crippen molar-refractivity contribution in [3.63, 3.8) is 0 Å². The number of hydrogen-bond acceptors (Lipinski definition) is 3. The highest BCUT2D eigenvalue weighted by Crippen LogP contribution is 2.25. The fraction of sp³-hybridized carbons (Fsp3) is 0.400. The first-order chi connectivity index (χ1) is 6.70. The zero-order valence-corrected chi connectivity index (χ0v) is 9.10. The van der Waals surface area contributed by atoms with Crippen molar-refractivity contribution >= 4 is 11.8 Å². The number of ether oxygens (including phenoxy) is 1. The molecule has 0 radical (unpaired) electrons. The maximum atomic E-state index is 13.6. The molecule has 0 aliphatic rings. The van der Waals surface area contributed by atoms with E-state index in [2.05, 4.69) is 0 Å². The number of thioether (sulfide) groups is 1. The average Bonchev–Trinajstić information content (AvgIpc) is 2.18. The Kier molecular flexibility index (Phi) is 4.22. The summed E-state index contributed by atoms with van der Waals surface area (Å²) in [5.41, 5.74) is 6.33. The molecule has 1 aromatic rings. The summed E-state index contributed by atoms with van der Waals surface area (Å²) in [7, 11) is 1.45. The van der Waals surface area contributed by atoms with Gasteiger partial charge in [0.25, 0.3) is 0 Å². The lowest BCUT2D eigenvalue weighted by Gasteiger charge is -2.13. The predicted molar refractivity (Wildman–Crippen MR) is 58.3 cm³/mol. The third-order valence-corrected chi connectivity index (χ3v) is 2.65. The summed E-state index contributed by atoms with van der Waals surface area (Å²) in [5, 5.41) is 0. The van der Waals surface area contributed by atoms with Crippen LogP contribution in [0.5, 0.6) is 5.75 Å². The van der Waals surface area contributed by atoms with Crippen molar-refractivity contribution in [3.8, 4) is 5.75 Å². The van der Waals surface area contributed by atoms with Crippen molar-refractivity contribution in [2.45, 2.75) is 6.04 Å². The Balaban J connectivity index is 2.96. The normalized spacial score (nSPS) is 12.6. The maximum Gasteiger partial charge on any atom is 0.169 e. The molecule has 0 fully saturated rings. The van der Waals surface area contributed by atoms with Gasteiger partial charge in [-0.1, -0.05) is 12.1 Å². The van der Waals surface area contributed by atoms with Gasteiger partial charge in [0.05, 0.1) is 7.11 Å². The van der Waals surface area contributed by atoms with Crippen LogP contribution in [0.25, 0.3) is 0 Å². The molecule has 78 valence electrons. The van der Waals surface area contributed by atoms with Gasteiger partial charge in [0.2, 0.25) is 0 Å². The van der Waals surface area contributed by atoms with Crippen LogP contribution in [0, 0.1) is 5.82 Å². The fourth-order valence-electron chi connectivity index (χ4n) is 1.24. The Morgan fingerprint density at radius 1 is 1.57 bits per heavy atom. The second kappa shape index (κ2) is 5.22. The molecule has 0 saturated heterocycles. The summed E-state index contributed by atoms with van der Waals surface area (Å²) < 4.78 is 18.5. The van der Waals surface area contributed by atoms with Crippen molar-refractivity contribution in [3.05, 3.63) is 29.6 Å². The lowest BCUT2D eigenvalue weighted by molar-refractivity contribution is 0.383. The monoisotopic (exact) mass is 215 g/mol. The third kappa shape index (κ3) is 2.39. The van der Waals surface area contributed by atoms with E-state index in [-0.39, 0.29) is 17.6 Å². The van der Waals surface area contributed by atoms with Crippen LogP contribution >= 0.6 is 11.8 Å². The highest BCUT2D eigenvalue weighted by Gasteiger charge is 2.13. The molecule has 0 saturated carbocycles.